The molecular weight excluding hydrogens is 461 g/mol. The van der Waals surface area contributed by atoms with Gasteiger partial charge in [-0.3, -0.25) is 19.5 Å². The maximum Gasteiger partial charge on any atom is 0.350 e. The van der Waals surface area contributed by atoms with Crippen LogP contribution in [0.2, 0.25) is 0 Å². The number of amides is 1. The summed E-state index contributed by atoms with van der Waals surface area (Å²) in [6.07, 6.45) is 4.23. The third kappa shape index (κ3) is 3.99. The average molecular weight is 479 g/mol. The predicted octanol–water partition coefficient (Wildman–Crippen LogP) is 3.95. The van der Waals surface area contributed by atoms with Crippen molar-refractivity contribution in [1.29, 1.82) is 0 Å². The molecule has 3 aromatic rings. The molecule has 3 heterocycles. The molecule has 172 valence electrons. The number of hydrogen-bond acceptors (Lipinski definition) is 8. The minimum absolute atomic E-state index is 0.00724. The van der Waals surface area contributed by atoms with Crippen LogP contribution in [0.1, 0.15) is 32.5 Å². The van der Waals surface area contributed by atoms with Gasteiger partial charge in [-0.15, -0.1) is 0 Å². The summed E-state index contributed by atoms with van der Waals surface area (Å²) in [6, 6.07) is 7.23. The number of benzene rings is 1. The zero-order valence-electron chi connectivity index (χ0n) is 17.9. The predicted molar refractivity (Wildman–Crippen MR) is 123 cm³/mol. The maximum atomic E-state index is 14.9. The summed E-state index contributed by atoms with van der Waals surface area (Å²) in [5, 5.41) is 11.0. The fourth-order valence-electron chi connectivity index (χ4n) is 3.56. The van der Waals surface area contributed by atoms with Gasteiger partial charge in [-0.25, -0.2) is 14.2 Å². The highest BCUT2D eigenvalue weighted by Crippen LogP contribution is 2.44. The quantitative estimate of drug-likeness (QED) is 0.187. The number of nitrogens with zero attached hydrogens (tertiary/aromatic N) is 3. The van der Waals surface area contributed by atoms with Crippen molar-refractivity contribution >= 4 is 39.9 Å². The minimum atomic E-state index is -1.31. The molecule has 1 N–H and O–H groups in total. The largest absolute Gasteiger partial charge is 0.507 e. The molecule has 2 aromatic heterocycles. The monoisotopic (exact) mass is 479 g/mol. The molecule has 10 heteroatoms. The molecule has 8 nitrogen and oxygen atoms in total. The first-order valence-electron chi connectivity index (χ1n) is 10.1. The molecule has 1 aromatic carbocycles. The average Bonchev–Trinajstić information content (AvgIpc) is 3.34. The van der Waals surface area contributed by atoms with Crippen LogP contribution in [0.15, 0.2) is 67.0 Å². The Morgan fingerprint density at radius 1 is 1.26 bits per heavy atom. The molecule has 34 heavy (non-hydrogen) atoms. The molecule has 1 amide bonds. The number of thiazole rings is 1. The van der Waals surface area contributed by atoms with E-state index in [0.29, 0.717) is 0 Å². The summed E-state index contributed by atoms with van der Waals surface area (Å²) in [6.45, 7) is 5.02. The van der Waals surface area contributed by atoms with Crippen LogP contribution in [0.4, 0.5) is 9.52 Å². The standard InChI is InChI=1S/C24H18FN3O5S/c1-3-12-33-23(32)21-13(2)27-24(34-21)28-18(15-6-4-5-7-16(15)25)17(20(30)22(28)31)19(29)14-8-10-26-11-9-14/h3-11,18,29H,1,12H2,2H3. The van der Waals surface area contributed by atoms with E-state index in [2.05, 4.69) is 16.5 Å². The van der Waals surface area contributed by atoms with E-state index in [9.17, 15) is 23.9 Å². The van der Waals surface area contributed by atoms with Crippen molar-refractivity contribution in [3.63, 3.8) is 0 Å². The first-order valence-corrected chi connectivity index (χ1v) is 10.9. The molecule has 1 atom stereocenters. The Morgan fingerprint density at radius 3 is 2.65 bits per heavy atom. The number of anilines is 1. The second kappa shape index (κ2) is 9.36. The number of rotatable bonds is 6. The fourth-order valence-corrected chi connectivity index (χ4v) is 4.55. The number of esters is 1. The van der Waals surface area contributed by atoms with Gasteiger partial charge in [-0.1, -0.05) is 42.2 Å². The Morgan fingerprint density at radius 2 is 1.97 bits per heavy atom. The summed E-state index contributed by atoms with van der Waals surface area (Å²) in [7, 11) is 0. The van der Waals surface area contributed by atoms with Crippen molar-refractivity contribution in [3.05, 3.63) is 94.5 Å². The number of aryl methyl sites for hydroxylation is 1. The van der Waals surface area contributed by atoms with E-state index in [0.717, 1.165) is 16.2 Å². The maximum absolute atomic E-state index is 14.9. The number of aliphatic hydroxyl groups is 1. The molecule has 0 bridgehead atoms. The number of ether oxygens (including phenoxy) is 1. The summed E-state index contributed by atoms with van der Waals surface area (Å²) in [5.41, 5.74) is 0.196. The summed E-state index contributed by atoms with van der Waals surface area (Å²) in [5.74, 6) is -3.85. The lowest BCUT2D eigenvalue weighted by Gasteiger charge is -2.23. The van der Waals surface area contributed by atoms with Gasteiger partial charge in [0.2, 0.25) is 0 Å². The molecule has 1 saturated heterocycles. The van der Waals surface area contributed by atoms with Crippen LogP contribution in [0.25, 0.3) is 5.76 Å². The molecule has 1 fully saturated rings. The van der Waals surface area contributed by atoms with Crippen molar-refractivity contribution < 1.29 is 28.6 Å². The summed E-state index contributed by atoms with van der Waals surface area (Å²) >= 11 is 0.831. The van der Waals surface area contributed by atoms with E-state index in [-0.39, 0.29) is 39.0 Å². The van der Waals surface area contributed by atoms with E-state index in [1.165, 1.54) is 48.8 Å². The van der Waals surface area contributed by atoms with Gasteiger partial charge in [0, 0.05) is 23.5 Å². The number of Topliss-reactive ketones (excluding diaryl/α,β-unsaturated/α-hetero) is 1. The van der Waals surface area contributed by atoms with Crippen molar-refractivity contribution in [1.82, 2.24) is 9.97 Å². The zero-order valence-corrected chi connectivity index (χ0v) is 18.7. The number of halogens is 1. The number of hydrogen-bond donors (Lipinski definition) is 1. The van der Waals surface area contributed by atoms with Crippen molar-refractivity contribution in [2.75, 3.05) is 11.5 Å². The SMILES string of the molecule is C=CCOC(=O)c1sc(N2C(=O)C(=O)C(=C(O)c3ccncc3)C2c2ccccc2F)nc1C. The number of carbonyl (C=O) groups is 3. The zero-order chi connectivity index (χ0) is 24.4. The van der Waals surface area contributed by atoms with Crippen molar-refractivity contribution in [2.45, 2.75) is 13.0 Å². The smallest absolute Gasteiger partial charge is 0.350 e. The Balaban J connectivity index is 1.90. The Labute approximate surface area is 197 Å². The third-order valence-corrected chi connectivity index (χ3v) is 6.24. The molecule has 0 aliphatic carbocycles. The lowest BCUT2D eigenvalue weighted by atomic mass is 9.95. The van der Waals surface area contributed by atoms with Gasteiger partial charge >= 0.3 is 11.9 Å². The molecule has 1 unspecified atom stereocenters. The summed E-state index contributed by atoms with van der Waals surface area (Å²) < 4.78 is 20.0. The normalized spacial score (nSPS) is 17.1. The Bertz CT molecular complexity index is 1340. The molecular formula is C24H18FN3O5S. The number of ketones is 1. The molecule has 4 rings (SSSR count). The molecule has 0 radical (unpaired) electrons. The first-order chi connectivity index (χ1) is 16.3. The van der Waals surface area contributed by atoms with E-state index >= 15 is 0 Å². The number of aliphatic hydroxyl groups excluding tert-OH is 1. The Kier molecular flexibility index (Phi) is 6.33. The lowest BCUT2D eigenvalue weighted by Crippen LogP contribution is -2.29. The van der Waals surface area contributed by atoms with E-state index in [1.807, 2.05) is 0 Å². The van der Waals surface area contributed by atoms with Crippen molar-refractivity contribution in [2.24, 2.45) is 0 Å². The first kappa shape index (κ1) is 23.0. The van der Waals surface area contributed by atoms with E-state index < -0.39 is 35.3 Å². The molecule has 1 aliphatic heterocycles. The van der Waals surface area contributed by atoms with Gasteiger partial charge in [0.05, 0.1) is 11.3 Å². The fraction of sp³-hybridized carbons (Fsp3) is 0.125. The van der Waals surface area contributed by atoms with Gasteiger partial charge in [0.1, 0.15) is 29.1 Å². The van der Waals surface area contributed by atoms with E-state index in [4.69, 9.17) is 4.74 Å². The molecule has 0 spiro atoms. The second-order valence-electron chi connectivity index (χ2n) is 7.22. The van der Waals surface area contributed by atoms with Crippen LogP contribution < -0.4 is 4.90 Å². The lowest BCUT2D eigenvalue weighted by molar-refractivity contribution is -0.132. The van der Waals surface area contributed by atoms with Crippen LogP contribution in [0.3, 0.4) is 0 Å². The van der Waals surface area contributed by atoms with Gasteiger partial charge in [-0.2, -0.15) is 0 Å². The van der Waals surface area contributed by atoms with Gasteiger partial charge < -0.3 is 9.84 Å². The van der Waals surface area contributed by atoms with E-state index in [1.54, 1.807) is 13.0 Å². The van der Waals surface area contributed by atoms with Gasteiger partial charge in [-0.05, 0) is 25.1 Å². The van der Waals surface area contributed by atoms with Gasteiger partial charge in [0.15, 0.2) is 5.13 Å². The molecule has 1 aliphatic rings. The van der Waals surface area contributed by atoms with Crippen LogP contribution in [0.5, 0.6) is 0 Å². The summed E-state index contributed by atoms with van der Waals surface area (Å²) in [4.78, 5) is 47.9. The topological polar surface area (TPSA) is 110 Å². The molecule has 0 saturated carbocycles. The highest BCUT2D eigenvalue weighted by molar-refractivity contribution is 7.17. The van der Waals surface area contributed by atoms with Crippen molar-refractivity contribution in [3.8, 4) is 0 Å². The number of carbonyl (C=O) groups excluding carboxylic acids is 3. The van der Waals surface area contributed by atoms with Gasteiger partial charge in [0.25, 0.3) is 5.78 Å². The van der Waals surface area contributed by atoms with Crippen LogP contribution in [0, 0.1) is 12.7 Å². The second-order valence-corrected chi connectivity index (χ2v) is 8.20. The van der Waals surface area contributed by atoms with Crippen LogP contribution >= 0.6 is 11.3 Å². The number of pyridine rings is 1. The Hall–Kier alpha value is -4.18. The highest BCUT2D eigenvalue weighted by atomic mass is 32.1. The highest BCUT2D eigenvalue weighted by Gasteiger charge is 2.49. The van der Waals surface area contributed by atoms with Crippen LogP contribution in [-0.2, 0) is 14.3 Å². The third-order valence-electron chi connectivity index (χ3n) is 5.11. The van der Waals surface area contributed by atoms with Crippen LogP contribution in [-0.4, -0.2) is 39.3 Å². The number of aromatic nitrogens is 2. The minimum Gasteiger partial charge on any atom is -0.507 e.